The van der Waals surface area contributed by atoms with Crippen molar-refractivity contribution >= 4 is 11.8 Å². The summed E-state index contributed by atoms with van der Waals surface area (Å²) in [6, 6.07) is 8.88. The minimum atomic E-state index is 0.201. The standard InChI is InChI=1S/C14H23NS/c1-11(2)16-13-7-5-12(6-8-13)9-14(3,4)10-15/h5-8,11H,9-10,15H2,1-4H3. The third kappa shape index (κ3) is 4.58. The van der Waals surface area contributed by atoms with Gasteiger partial charge in [-0.2, -0.15) is 0 Å². The number of benzene rings is 1. The molecule has 1 rings (SSSR count). The molecule has 0 saturated heterocycles. The van der Waals surface area contributed by atoms with Crippen molar-refractivity contribution in [2.75, 3.05) is 6.54 Å². The first-order chi connectivity index (χ1) is 7.43. The van der Waals surface area contributed by atoms with Crippen molar-refractivity contribution in [2.24, 2.45) is 11.1 Å². The van der Waals surface area contributed by atoms with Crippen molar-refractivity contribution in [3.8, 4) is 0 Å². The monoisotopic (exact) mass is 237 g/mol. The van der Waals surface area contributed by atoms with Crippen LogP contribution in [-0.2, 0) is 6.42 Å². The van der Waals surface area contributed by atoms with Gasteiger partial charge in [-0.25, -0.2) is 0 Å². The number of rotatable bonds is 5. The molecular formula is C14H23NS. The molecule has 0 unspecified atom stereocenters. The second-order valence-electron chi connectivity index (χ2n) is 5.36. The van der Waals surface area contributed by atoms with Gasteiger partial charge in [0.2, 0.25) is 0 Å². The summed E-state index contributed by atoms with van der Waals surface area (Å²) in [5.41, 5.74) is 7.33. The van der Waals surface area contributed by atoms with E-state index >= 15 is 0 Å². The molecule has 0 bridgehead atoms. The van der Waals surface area contributed by atoms with Gasteiger partial charge >= 0.3 is 0 Å². The zero-order valence-corrected chi connectivity index (χ0v) is 11.6. The highest BCUT2D eigenvalue weighted by Gasteiger charge is 2.15. The van der Waals surface area contributed by atoms with Gasteiger partial charge in [-0.15, -0.1) is 11.8 Å². The fourth-order valence-electron chi connectivity index (χ4n) is 1.58. The maximum absolute atomic E-state index is 5.75. The fraction of sp³-hybridized carbons (Fsp3) is 0.571. The van der Waals surface area contributed by atoms with E-state index in [1.165, 1.54) is 10.5 Å². The Balaban J connectivity index is 2.64. The van der Waals surface area contributed by atoms with Gasteiger partial charge in [0, 0.05) is 10.1 Å². The van der Waals surface area contributed by atoms with Crippen LogP contribution in [0.25, 0.3) is 0 Å². The van der Waals surface area contributed by atoms with Crippen molar-refractivity contribution < 1.29 is 0 Å². The average Bonchev–Trinajstić information content (AvgIpc) is 2.20. The predicted molar refractivity (Wildman–Crippen MR) is 74.0 cm³/mol. The zero-order chi connectivity index (χ0) is 12.2. The smallest absolute Gasteiger partial charge is 0.00747 e. The van der Waals surface area contributed by atoms with E-state index in [0.29, 0.717) is 5.25 Å². The van der Waals surface area contributed by atoms with Crippen LogP contribution < -0.4 is 5.73 Å². The molecule has 0 saturated carbocycles. The lowest BCUT2D eigenvalue weighted by Crippen LogP contribution is -2.25. The minimum Gasteiger partial charge on any atom is -0.330 e. The first-order valence-corrected chi connectivity index (χ1v) is 6.76. The van der Waals surface area contributed by atoms with Gasteiger partial charge in [0.25, 0.3) is 0 Å². The first kappa shape index (κ1) is 13.6. The SMILES string of the molecule is CC(C)Sc1ccc(CC(C)(C)CN)cc1. The normalized spacial score (nSPS) is 12.1. The van der Waals surface area contributed by atoms with Crippen LogP contribution in [-0.4, -0.2) is 11.8 Å². The quantitative estimate of drug-likeness (QED) is 0.790. The lowest BCUT2D eigenvalue weighted by molar-refractivity contribution is 0.376. The van der Waals surface area contributed by atoms with Crippen molar-refractivity contribution in [3.05, 3.63) is 29.8 Å². The molecule has 0 aliphatic rings. The second-order valence-corrected chi connectivity index (χ2v) is 7.01. The Morgan fingerprint density at radius 3 is 2.19 bits per heavy atom. The number of hydrogen-bond acceptors (Lipinski definition) is 2. The van der Waals surface area contributed by atoms with E-state index in [2.05, 4.69) is 52.0 Å². The maximum Gasteiger partial charge on any atom is 0.00747 e. The van der Waals surface area contributed by atoms with E-state index in [1.807, 2.05) is 11.8 Å². The molecule has 0 aliphatic carbocycles. The summed E-state index contributed by atoms with van der Waals surface area (Å²) in [7, 11) is 0. The van der Waals surface area contributed by atoms with Gasteiger partial charge in [-0.1, -0.05) is 39.8 Å². The third-order valence-electron chi connectivity index (χ3n) is 2.53. The molecule has 0 amide bonds. The Bertz CT molecular complexity index is 314. The van der Waals surface area contributed by atoms with E-state index in [1.54, 1.807) is 0 Å². The second kappa shape index (κ2) is 5.74. The molecular weight excluding hydrogens is 214 g/mol. The lowest BCUT2D eigenvalue weighted by Gasteiger charge is -2.22. The summed E-state index contributed by atoms with van der Waals surface area (Å²) in [6.45, 7) is 9.59. The topological polar surface area (TPSA) is 26.0 Å². The zero-order valence-electron chi connectivity index (χ0n) is 10.8. The first-order valence-electron chi connectivity index (χ1n) is 5.88. The summed E-state index contributed by atoms with van der Waals surface area (Å²) in [5.74, 6) is 0. The Morgan fingerprint density at radius 2 is 1.75 bits per heavy atom. The molecule has 0 atom stereocenters. The van der Waals surface area contributed by atoms with E-state index in [9.17, 15) is 0 Å². The summed E-state index contributed by atoms with van der Waals surface area (Å²) < 4.78 is 0. The van der Waals surface area contributed by atoms with Gasteiger partial charge in [-0.05, 0) is 36.1 Å². The molecule has 0 aliphatic heterocycles. The van der Waals surface area contributed by atoms with E-state index in [-0.39, 0.29) is 5.41 Å². The number of hydrogen-bond donors (Lipinski definition) is 1. The number of nitrogens with two attached hydrogens (primary N) is 1. The molecule has 1 nitrogen and oxygen atoms in total. The molecule has 2 heteroatoms. The van der Waals surface area contributed by atoms with Crippen LogP contribution in [0, 0.1) is 5.41 Å². The van der Waals surface area contributed by atoms with Crippen LogP contribution in [0.3, 0.4) is 0 Å². The molecule has 16 heavy (non-hydrogen) atoms. The highest BCUT2D eigenvalue weighted by molar-refractivity contribution is 7.99. The molecule has 0 radical (unpaired) electrons. The van der Waals surface area contributed by atoms with Gasteiger partial charge < -0.3 is 5.73 Å². The van der Waals surface area contributed by atoms with Crippen LogP contribution in [0.15, 0.2) is 29.2 Å². The molecule has 0 spiro atoms. The van der Waals surface area contributed by atoms with Gasteiger partial charge in [0.05, 0.1) is 0 Å². The molecule has 1 aromatic carbocycles. The predicted octanol–water partition coefficient (Wildman–Crippen LogP) is 3.71. The summed E-state index contributed by atoms with van der Waals surface area (Å²) >= 11 is 1.91. The fourth-order valence-corrected chi connectivity index (χ4v) is 2.42. The molecule has 0 aromatic heterocycles. The molecule has 90 valence electrons. The van der Waals surface area contributed by atoms with Gasteiger partial charge in [0.15, 0.2) is 0 Å². The Hall–Kier alpha value is -0.470. The van der Waals surface area contributed by atoms with Crippen molar-refractivity contribution in [3.63, 3.8) is 0 Å². The summed E-state index contributed by atoms with van der Waals surface area (Å²) in [4.78, 5) is 1.35. The highest BCUT2D eigenvalue weighted by Crippen LogP contribution is 2.25. The van der Waals surface area contributed by atoms with Crippen LogP contribution >= 0.6 is 11.8 Å². The van der Waals surface area contributed by atoms with Gasteiger partial charge in [-0.3, -0.25) is 0 Å². The Labute approximate surface area is 104 Å². The Kier molecular flexibility index (Phi) is 4.88. The lowest BCUT2D eigenvalue weighted by atomic mass is 9.86. The van der Waals surface area contributed by atoms with E-state index in [0.717, 1.165) is 13.0 Å². The van der Waals surface area contributed by atoms with Crippen molar-refractivity contribution in [1.29, 1.82) is 0 Å². The molecule has 0 heterocycles. The van der Waals surface area contributed by atoms with E-state index in [4.69, 9.17) is 5.73 Å². The highest BCUT2D eigenvalue weighted by atomic mass is 32.2. The molecule has 0 fully saturated rings. The minimum absolute atomic E-state index is 0.201. The van der Waals surface area contributed by atoms with Crippen LogP contribution in [0.2, 0.25) is 0 Å². The van der Waals surface area contributed by atoms with Crippen LogP contribution in [0.1, 0.15) is 33.3 Å². The summed E-state index contributed by atoms with van der Waals surface area (Å²) in [6.07, 6.45) is 1.05. The van der Waals surface area contributed by atoms with Crippen molar-refractivity contribution in [2.45, 2.75) is 44.3 Å². The number of thioether (sulfide) groups is 1. The summed E-state index contributed by atoms with van der Waals surface area (Å²) in [5, 5.41) is 0.645. The van der Waals surface area contributed by atoms with Gasteiger partial charge in [0.1, 0.15) is 0 Å². The van der Waals surface area contributed by atoms with E-state index < -0.39 is 0 Å². The maximum atomic E-state index is 5.75. The Morgan fingerprint density at radius 1 is 1.19 bits per heavy atom. The van der Waals surface area contributed by atoms with Crippen LogP contribution in [0.4, 0.5) is 0 Å². The average molecular weight is 237 g/mol. The van der Waals surface area contributed by atoms with Crippen molar-refractivity contribution in [1.82, 2.24) is 0 Å². The third-order valence-corrected chi connectivity index (χ3v) is 3.55. The molecule has 1 aromatic rings. The molecule has 2 N–H and O–H groups in total. The van der Waals surface area contributed by atoms with Crippen LogP contribution in [0.5, 0.6) is 0 Å². The largest absolute Gasteiger partial charge is 0.330 e.